The minimum atomic E-state index is -3.37. The first-order chi connectivity index (χ1) is 3.46. The van der Waals surface area contributed by atoms with Crippen molar-refractivity contribution in [2.45, 2.75) is 0 Å². The SMILES string of the molecule is OP(O)O.[Al+3].[O-]P([O-])[O-]. The molecule has 9 heavy (non-hydrogen) atoms. The van der Waals surface area contributed by atoms with E-state index in [0.29, 0.717) is 0 Å². The van der Waals surface area contributed by atoms with Gasteiger partial charge in [-0.05, 0) is 0 Å². The minimum absolute atomic E-state index is 0. The second-order valence-corrected chi connectivity index (χ2v) is 1.48. The van der Waals surface area contributed by atoms with Crippen LogP contribution in [0.4, 0.5) is 0 Å². The normalized spacial score (nSPS) is 8.00. The van der Waals surface area contributed by atoms with Gasteiger partial charge < -0.3 is 38.0 Å². The Morgan fingerprint density at radius 1 is 0.889 bits per heavy atom. The molecule has 0 radical (unpaired) electrons. The molecule has 0 spiro atoms. The van der Waals surface area contributed by atoms with Gasteiger partial charge in [-0.1, -0.05) is 0 Å². The maximum atomic E-state index is 8.48. The molecule has 0 saturated heterocycles. The van der Waals surface area contributed by atoms with E-state index >= 15 is 0 Å². The third-order valence-corrected chi connectivity index (χ3v) is 0. The van der Waals surface area contributed by atoms with E-state index in [1.807, 2.05) is 0 Å². The molecule has 0 rings (SSSR count). The van der Waals surface area contributed by atoms with Gasteiger partial charge in [-0.3, -0.25) is 0 Å². The molecule has 52 valence electrons. The number of rotatable bonds is 0. The Morgan fingerprint density at radius 3 is 0.889 bits per heavy atom. The monoisotopic (exact) mass is 188 g/mol. The molecule has 0 aliphatic rings. The second kappa shape index (κ2) is 11.9. The summed E-state index contributed by atoms with van der Waals surface area (Å²) in [7, 11) is -5.99. The fourth-order valence-electron chi connectivity index (χ4n) is 0. The quantitative estimate of drug-likeness (QED) is 0.263. The van der Waals surface area contributed by atoms with Gasteiger partial charge in [0.2, 0.25) is 0 Å². The number of hydrogen-bond acceptors (Lipinski definition) is 6. The van der Waals surface area contributed by atoms with Crippen LogP contribution in [0.1, 0.15) is 0 Å². The Morgan fingerprint density at radius 2 is 0.889 bits per heavy atom. The zero-order valence-electron chi connectivity index (χ0n) is 4.04. The molecular formula is H3AlO6P2. The van der Waals surface area contributed by atoms with Crippen molar-refractivity contribution in [3.05, 3.63) is 0 Å². The van der Waals surface area contributed by atoms with Gasteiger partial charge in [0.25, 0.3) is 0 Å². The maximum absolute atomic E-state index is 8.48. The summed E-state index contributed by atoms with van der Waals surface area (Å²) in [6.45, 7) is 0. The van der Waals surface area contributed by atoms with Gasteiger partial charge in [-0.15, -0.1) is 0 Å². The van der Waals surface area contributed by atoms with Crippen molar-refractivity contribution in [1.82, 2.24) is 0 Å². The van der Waals surface area contributed by atoms with Crippen LogP contribution >= 0.6 is 17.2 Å². The number of hydrogen-bond donors (Lipinski definition) is 3. The van der Waals surface area contributed by atoms with Crippen LogP contribution in [-0.4, -0.2) is 32.0 Å². The van der Waals surface area contributed by atoms with Crippen molar-refractivity contribution in [2.24, 2.45) is 0 Å². The Hall–Kier alpha value is 1.15. The Labute approximate surface area is 64.5 Å². The molecule has 0 heterocycles. The van der Waals surface area contributed by atoms with E-state index in [9.17, 15) is 0 Å². The van der Waals surface area contributed by atoms with E-state index in [-0.39, 0.29) is 17.4 Å². The van der Waals surface area contributed by atoms with Gasteiger partial charge in [-0.25, -0.2) is 0 Å². The van der Waals surface area contributed by atoms with Crippen LogP contribution < -0.4 is 14.7 Å². The van der Waals surface area contributed by atoms with Crippen LogP contribution in [0.2, 0.25) is 0 Å². The van der Waals surface area contributed by atoms with Crippen molar-refractivity contribution >= 4 is 34.6 Å². The molecule has 6 nitrogen and oxygen atoms in total. The van der Waals surface area contributed by atoms with Crippen molar-refractivity contribution in [2.75, 3.05) is 0 Å². The second-order valence-electron chi connectivity index (χ2n) is 0.492. The first-order valence-corrected chi connectivity index (χ1v) is 3.44. The summed E-state index contributed by atoms with van der Waals surface area (Å²) in [6, 6.07) is 0. The van der Waals surface area contributed by atoms with Crippen molar-refractivity contribution in [1.29, 1.82) is 0 Å². The summed E-state index contributed by atoms with van der Waals surface area (Å²) in [5.41, 5.74) is 0. The fraction of sp³-hybridized carbons (Fsp3) is 0. The van der Waals surface area contributed by atoms with Crippen LogP contribution in [0.5, 0.6) is 0 Å². The summed E-state index contributed by atoms with van der Waals surface area (Å²) in [5.74, 6) is 0. The summed E-state index contributed by atoms with van der Waals surface area (Å²) in [5, 5.41) is 0. The van der Waals surface area contributed by atoms with Crippen LogP contribution in [0, 0.1) is 0 Å². The molecule has 9 heteroatoms. The Kier molecular flexibility index (Phi) is 22.0. The topological polar surface area (TPSA) is 130 Å². The van der Waals surface area contributed by atoms with Crippen molar-refractivity contribution < 1.29 is 29.4 Å². The molecule has 0 aliphatic carbocycles. The standard InChI is InChI=1S/Al.H3O3P.O3P/c;2*1-4(2)3/h;1-3H;/q+3;;-3. The van der Waals surface area contributed by atoms with Gasteiger partial charge in [-0.2, -0.15) is 0 Å². The van der Waals surface area contributed by atoms with Crippen molar-refractivity contribution in [3.8, 4) is 0 Å². The summed E-state index contributed by atoms with van der Waals surface area (Å²) >= 11 is 0. The van der Waals surface area contributed by atoms with E-state index in [2.05, 4.69) is 0 Å². The van der Waals surface area contributed by atoms with Gasteiger partial charge in [0.05, 0.1) is 0 Å². The minimum Gasteiger partial charge on any atom is -0.854 e. The molecule has 0 amide bonds. The Bertz CT molecular complexity index is 26.5. The average Bonchev–Trinajstić information content (AvgIpc) is 1.25. The average molecular weight is 188 g/mol. The van der Waals surface area contributed by atoms with Crippen LogP contribution in [0.3, 0.4) is 0 Å². The zero-order valence-corrected chi connectivity index (χ0v) is 6.98. The van der Waals surface area contributed by atoms with E-state index in [1.165, 1.54) is 0 Å². The van der Waals surface area contributed by atoms with Gasteiger partial charge in [0.1, 0.15) is 0 Å². The van der Waals surface area contributed by atoms with E-state index < -0.39 is 17.2 Å². The third-order valence-electron chi connectivity index (χ3n) is 0. The van der Waals surface area contributed by atoms with Crippen LogP contribution in [-0.2, 0) is 0 Å². The zero-order chi connectivity index (χ0) is 7.15. The molecule has 0 aromatic rings. The first-order valence-electron chi connectivity index (χ1n) is 1.15. The smallest absolute Gasteiger partial charge is 0.854 e. The summed E-state index contributed by atoms with van der Waals surface area (Å²) in [6.07, 6.45) is 0. The molecule has 0 aromatic heterocycles. The van der Waals surface area contributed by atoms with Gasteiger partial charge in [0, 0.05) is 0 Å². The van der Waals surface area contributed by atoms with E-state index in [4.69, 9.17) is 29.4 Å². The predicted octanol–water partition coefficient (Wildman–Crippen LogP) is -3.90. The molecule has 0 saturated carbocycles. The maximum Gasteiger partial charge on any atom is 3.00 e. The molecule has 0 unspecified atom stereocenters. The van der Waals surface area contributed by atoms with Crippen LogP contribution in [0.25, 0.3) is 0 Å². The van der Waals surface area contributed by atoms with Crippen LogP contribution in [0.15, 0.2) is 0 Å². The third kappa shape index (κ3) is 353. The fourth-order valence-corrected chi connectivity index (χ4v) is 0. The summed E-state index contributed by atoms with van der Waals surface area (Å²) in [4.78, 5) is 47.1. The molecule has 0 bridgehead atoms. The molecule has 0 fully saturated rings. The molecular weight excluding hydrogens is 185 g/mol. The van der Waals surface area contributed by atoms with Gasteiger partial charge in [0.15, 0.2) is 0 Å². The van der Waals surface area contributed by atoms with Crippen molar-refractivity contribution in [3.63, 3.8) is 0 Å². The molecule has 0 aliphatic heterocycles. The summed E-state index contributed by atoms with van der Waals surface area (Å²) < 4.78 is 0. The predicted molar refractivity (Wildman–Crippen MR) is 26.3 cm³/mol. The molecule has 0 aromatic carbocycles. The van der Waals surface area contributed by atoms with E-state index in [0.717, 1.165) is 0 Å². The van der Waals surface area contributed by atoms with Gasteiger partial charge >= 0.3 is 26.0 Å². The van der Waals surface area contributed by atoms with E-state index in [1.54, 1.807) is 0 Å². The largest absolute Gasteiger partial charge is 3.00 e. The molecule has 3 N–H and O–H groups in total. The molecule has 0 atom stereocenters. The Balaban J connectivity index is -0.0000000720. The first kappa shape index (κ1) is 16.6.